The molecule has 0 saturated carbocycles. The first kappa shape index (κ1) is 18.7. The molecule has 0 fully saturated rings. The molecule has 6 nitrogen and oxygen atoms in total. The van der Waals surface area contributed by atoms with E-state index in [0.29, 0.717) is 22.4 Å². The minimum absolute atomic E-state index is 0.147. The molecule has 0 aliphatic carbocycles. The van der Waals surface area contributed by atoms with E-state index in [1.807, 2.05) is 43.3 Å². The highest BCUT2D eigenvalue weighted by Crippen LogP contribution is 2.32. The zero-order chi connectivity index (χ0) is 19.2. The van der Waals surface area contributed by atoms with Crippen LogP contribution in [0.25, 0.3) is 0 Å². The quantitative estimate of drug-likeness (QED) is 0.662. The van der Waals surface area contributed by atoms with Crippen molar-refractivity contribution in [1.29, 1.82) is 0 Å². The number of carbonyl (C=O) groups excluding carboxylic acids is 1. The number of ether oxygens (including phenoxy) is 1. The SMILES string of the molecule is COc1cc(Cl)c(C)cc1Nc1ccc(NC(=O)Cc2ccccc2)nn1. The van der Waals surface area contributed by atoms with Crippen molar-refractivity contribution in [1.82, 2.24) is 10.2 Å². The second-order valence-corrected chi connectivity index (χ2v) is 6.35. The summed E-state index contributed by atoms with van der Waals surface area (Å²) in [6, 6.07) is 16.5. The van der Waals surface area contributed by atoms with Crippen LogP contribution < -0.4 is 15.4 Å². The summed E-state index contributed by atoms with van der Waals surface area (Å²) < 4.78 is 5.33. The lowest BCUT2D eigenvalue weighted by Crippen LogP contribution is -2.15. The van der Waals surface area contributed by atoms with Gasteiger partial charge < -0.3 is 15.4 Å². The molecule has 1 amide bonds. The molecule has 0 atom stereocenters. The summed E-state index contributed by atoms with van der Waals surface area (Å²) in [5.41, 5.74) is 2.58. The van der Waals surface area contributed by atoms with Gasteiger partial charge in [0.1, 0.15) is 5.75 Å². The molecule has 27 heavy (non-hydrogen) atoms. The molecule has 1 aromatic heterocycles. The fourth-order valence-corrected chi connectivity index (χ4v) is 2.66. The molecule has 2 N–H and O–H groups in total. The normalized spacial score (nSPS) is 10.3. The van der Waals surface area contributed by atoms with Gasteiger partial charge in [0.15, 0.2) is 11.6 Å². The standard InChI is InChI=1S/C20H19ClN4O2/c1-13-10-16(17(27-2)12-15(13)21)22-18-8-9-19(25-24-18)23-20(26)11-14-6-4-3-5-7-14/h3-10,12H,11H2,1-2H3,(H,22,24)(H,23,25,26). The number of halogens is 1. The first-order valence-corrected chi connectivity index (χ1v) is 8.71. The van der Waals surface area contributed by atoms with Crippen molar-refractivity contribution in [2.45, 2.75) is 13.3 Å². The molecule has 0 radical (unpaired) electrons. The maximum atomic E-state index is 12.1. The molecule has 0 spiro atoms. The molecular weight excluding hydrogens is 364 g/mol. The molecule has 0 bridgehead atoms. The van der Waals surface area contributed by atoms with Gasteiger partial charge in [-0.3, -0.25) is 4.79 Å². The number of amides is 1. The number of benzene rings is 2. The number of anilines is 3. The summed E-state index contributed by atoms with van der Waals surface area (Å²) in [6.45, 7) is 1.91. The van der Waals surface area contributed by atoms with Crippen molar-refractivity contribution >= 4 is 34.8 Å². The zero-order valence-electron chi connectivity index (χ0n) is 15.0. The molecule has 7 heteroatoms. The van der Waals surface area contributed by atoms with Crippen LogP contribution in [0.5, 0.6) is 5.75 Å². The van der Waals surface area contributed by atoms with E-state index < -0.39 is 0 Å². The Morgan fingerprint density at radius 1 is 1.07 bits per heavy atom. The van der Waals surface area contributed by atoms with Gasteiger partial charge in [0.25, 0.3) is 0 Å². The van der Waals surface area contributed by atoms with E-state index in [0.717, 1.165) is 16.8 Å². The van der Waals surface area contributed by atoms with E-state index in [1.54, 1.807) is 25.3 Å². The number of hydrogen-bond donors (Lipinski definition) is 2. The molecular formula is C20H19ClN4O2. The molecule has 138 valence electrons. The summed E-state index contributed by atoms with van der Waals surface area (Å²) in [5, 5.41) is 14.6. The third kappa shape index (κ3) is 4.95. The highest BCUT2D eigenvalue weighted by molar-refractivity contribution is 6.31. The van der Waals surface area contributed by atoms with Crippen molar-refractivity contribution in [3.63, 3.8) is 0 Å². The van der Waals surface area contributed by atoms with Gasteiger partial charge in [-0.15, -0.1) is 10.2 Å². The molecule has 1 heterocycles. The lowest BCUT2D eigenvalue weighted by molar-refractivity contribution is -0.115. The molecule has 0 aliphatic rings. The number of nitrogens with one attached hydrogen (secondary N) is 2. The average Bonchev–Trinajstić information content (AvgIpc) is 2.67. The highest BCUT2D eigenvalue weighted by Gasteiger charge is 2.09. The number of carbonyl (C=O) groups is 1. The third-order valence-corrected chi connectivity index (χ3v) is 4.29. The van der Waals surface area contributed by atoms with E-state index in [9.17, 15) is 4.79 Å². The number of hydrogen-bond acceptors (Lipinski definition) is 5. The fraction of sp³-hybridized carbons (Fsp3) is 0.150. The summed E-state index contributed by atoms with van der Waals surface area (Å²) in [7, 11) is 1.57. The van der Waals surface area contributed by atoms with E-state index in [2.05, 4.69) is 20.8 Å². The van der Waals surface area contributed by atoms with Crippen LogP contribution in [0, 0.1) is 6.92 Å². The lowest BCUT2D eigenvalue weighted by atomic mass is 10.1. The lowest BCUT2D eigenvalue weighted by Gasteiger charge is -2.12. The van der Waals surface area contributed by atoms with Crippen molar-refractivity contribution in [3.05, 3.63) is 70.7 Å². The Hall–Kier alpha value is -3.12. The molecule has 0 unspecified atom stereocenters. The summed E-state index contributed by atoms with van der Waals surface area (Å²) in [6.07, 6.45) is 0.282. The minimum Gasteiger partial charge on any atom is -0.495 e. The Balaban J connectivity index is 1.65. The van der Waals surface area contributed by atoms with Gasteiger partial charge in [0.05, 0.1) is 19.2 Å². The Morgan fingerprint density at radius 3 is 2.44 bits per heavy atom. The van der Waals surface area contributed by atoms with E-state index in [1.165, 1.54) is 0 Å². The van der Waals surface area contributed by atoms with Gasteiger partial charge in [-0.2, -0.15) is 0 Å². The monoisotopic (exact) mass is 382 g/mol. The van der Waals surface area contributed by atoms with Crippen LogP contribution in [-0.4, -0.2) is 23.2 Å². The van der Waals surface area contributed by atoms with E-state index in [4.69, 9.17) is 16.3 Å². The van der Waals surface area contributed by atoms with Crippen LogP contribution in [0.4, 0.5) is 17.3 Å². The maximum Gasteiger partial charge on any atom is 0.229 e. The van der Waals surface area contributed by atoms with Crippen LogP contribution >= 0.6 is 11.6 Å². The summed E-state index contributed by atoms with van der Waals surface area (Å²) in [4.78, 5) is 12.1. The van der Waals surface area contributed by atoms with Gasteiger partial charge in [0.2, 0.25) is 5.91 Å². The van der Waals surface area contributed by atoms with Crippen LogP contribution in [-0.2, 0) is 11.2 Å². The number of aromatic nitrogens is 2. The van der Waals surface area contributed by atoms with Crippen LogP contribution in [0.1, 0.15) is 11.1 Å². The van der Waals surface area contributed by atoms with Gasteiger partial charge in [-0.1, -0.05) is 41.9 Å². The van der Waals surface area contributed by atoms with Gasteiger partial charge in [0, 0.05) is 11.1 Å². The highest BCUT2D eigenvalue weighted by atomic mass is 35.5. The predicted molar refractivity (Wildman–Crippen MR) is 107 cm³/mol. The van der Waals surface area contributed by atoms with Gasteiger partial charge in [-0.05, 0) is 36.2 Å². The second kappa shape index (κ2) is 8.51. The van der Waals surface area contributed by atoms with Crippen molar-refractivity contribution in [3.8, 4) is 5.75 Å². The van der Waals surface area contributed by atoms with Crippen LogP contribution in [0.15, 0.2) is 54.6 Å². The summed E-state index contributed by atoms with van der Waals surface area (Å²) in [5.74, 6) is 1.37. The Labute approximate surface area is 162 Å². The fourth-order valence-electron chi connectivity index (χ4n) is 2.50. The number of rotatable bonds is 6. The number of aryl methyl sites for hydroxylation is 1. The van der Waals surface area contributed by atoms with E-state index in [-0.39, 0.29) is 12.3 Å². The van der Waals surface area contributed by atoms with Crippen LogP contribution in [0.3, 0.4) is 0 Å². The zero-order valence-corrected chi connectivity index (χ0v) is 15.7. The van der Waals surface area contributed by atoms with Crippen molar-refractivity contribution in [2.75, 3.05) is 17.7 Å². The predicted octanol–water partition coefficient (Wildman–Crippen LogP) is 4.37. The smallest absolute Gasteiger partial charge is 0.229 e. The maximum absolute atomic E-state index is 12.1. The van der Waals surface area contributed by atoms with Crippen LogP contribution in [0.2, 0.25) is 5.02 Å². The van der Waals surface area contributed by atoms with E-state index >= 15 is 0 Å². The van der Waals surface area contributed by atoms with Crippen molar-refractivity contribution in [2.24, 2.45) is 0 Å². The summed E-state index contributed by atoms with van der Waals surface area (Å²) >= 11 is 6.12. The largest absolute Gasteiger partial charge is 0.495 e. The Kier molecular flexibility index (Phi) is 5.88. The minimum atomic E-state index is -0.147. The number of methoxy groups -OCH3 is 1. The Morgan fingerprint density at radius 2 is 1.78 bits per heavy atom. The molecule has 0 aliphatic heterocycles. The third-order valence-electron chi connectivity index (χ3n) is 3.88. The first-order valence-electron chi connectivity index (χ1n) is 8.34. The Bertz CT molecular complexity index is 931. The molecule has 3 aromatic rings. The molecule has 0 saturated heterocycles. The average molecular weight is 383 g/mol. The first-order chi connectivity index (χ1) is 13.0. The molecule has 3 rings (SSSR count). The molecule has 2 aromatic carbocycles. The topological polar surface area (TPSA) is 76.1 Å². The number of nitrogens with zero attached hydrogens (tertiary/aromatic N) is 2. The van der Waals surface area contributed by atoms with Crippen molar-refractivity contribution < 1.29 is 9.53 Å². The van der Waals surface area contributed by atoms with Gasteiger partial charge >= 0.3 is 0 Å². The van der Waals surface area contributed by atoms with Gasteiger partial charge in [-0.25, -0.2) is 0 Å². The second-order valence-electron chi connectivity index (χ2n) is 5.94.